The Kier molecular flexibility index (Phi) is 4.95. The molecule has 0 spiro atoms. The lowest BCUT2D eigenvalue weighted by atomic mass is 10.0. The first kappa shape index (κ1) is 13.0. The molecular weight excluding hydrogens is 230 g/mol. The van der Waals surface area contributed by atoms with Gasteiger partial charge in [-0.25, -0.2) is 4.98 Å². The molecule has 1 N–H and O–H groups in total. The number of nitrogens with zero attached hydrogens (tertiary/aromatic N) is 2. The van der Waals surface area contributed by atoms with E-state index in [0.717, 1.165) is 19.6 Å². The fraction of sp³-hybridized carbons (Fsp3) is 0.769. The van der Waals surface area contributed by atoms with Gasteiger partial charge in [0, 0.05) is 24.5 Å². The molecule has 2 heterocycles. The van der Waals surface area contributed by atoms with Crippen LogP contribution in [0.15, 0.2) is 5.38 Å². The molecular formula is C13H23N3S. The molecule has 0 amide bonds. The second kappa shape index (κ2) is 6.47. The average Bonchev–Trinajstić information content (AvgIpc) is 2.74. The predicted octanol–water partition coefficient (Wildman–Crippen LogP) is 2.42. The van der Waals surface area contributed by atoms with Gasteiger partial charge in [0.15, 0.2) is 0 Å². The quantitative estimate of drug-likeness (QED) is 0.873. The summed E-state index contributed by atoms with van der Waals surface area (Å²) in [6.07, 6.45) is 4.05. The van der Waals surface area contributed by atoms with Crippen molar-refractivity contribution in [3.8, 4) is 0 Å². The van der Waals surface area contributed by atoms with Crippen LogP contribution in [0.3, 0.4) is 0 Å². The highest BCUT2D eigenvalue weighted by Crippen LogP contribution is 2.20. The van der Waals surface area contributed by atoms with Crippen molar-refractivity contribution in [1.29, 1.82) is 0 Å². The van der Waals surface area contributed by atoms with Gasteiger partial charge in [0.05, 0.1) is 10.7 Å². The molecule has 17 heavy (non-hydrogen) atoms. The molecule has 96 valence electrons. The fourth-order valence-electron chi connectivity index (χ4n) is 2.50. The van der Waals surface area contributed by atoms with Gasteiger partial charge in [-0.3, -0.25) is 4.90 Å². The minimum atomic E-state index is 0.700. The summed E-state index contributed by atoms with van der Waals surface area (Å²) in [6, 6.07) is 0.700. The lowest BCUT2D eigenvalue weighted by molar-refractivity contribution is 0.136. The molecule has 1 aromatic rings. The summed E-state index contributed by atoms with van der Waals surface area (Å²) in [7, 11) is 0. The molecule has 1 aromatic heterocycles. The Balaban J connectivity index is 1.91. The lowest BCUT2D eigenvalue weighted by Gasteiger charge is -2.35. The second-order valence-corrected chi connectivity index (χ2v) is 5.85. The summed E-state index contributed by atoms with van der Waals surface area (Å²) < 4.78 is 0. The Morgan fingerprint density at radius 2 is 2.41 bits per heavy atom. The number of rotatable bonds is 5. The van der Waals surface area contributed by atoms with Gasteiger partial charge in [-0.05, 0) is 32.9 Å². The predicted molar refractivity (Wildman–Crippen MR) is 73.4 cm³/mol. The molecule has 4 heteroatoms. The highest BCUT2D eigenvalue weighted by molar-refractivity contribution is 7.09. The minimum Gasteiger partial charge on any atom is -0.315 e. The molecule has 0 saturated carbocycles. The number of aryl methyl sites for hydroxylation is 1. The SMILES string of the molecule is CCNCC1CCCCN1Cc1csc(C)n1. The molecule has 1 atom stereocenters. The van der Waals surface area contributed by atoms with Crippen molar-refractivity contribution in [2.24, 2.45) is 0 Å². The second-order valence-electron chi connectivity index (χ2n) is 4.79. The van der Waals surface area contributed by atoms with Crippen LogP contribution in [0, 0.1) is 6.92 Å². The molecule has 0 bridgehead atoms. The Bertz CT molecular complexity index is 337. The Morgan fingerprint density at radius 3 is 3.12 bits per heavy atom. The first-order valence-electron chi connectivity index (χ1n) is 6.65. The molecule has 0 aliphatic carbocycles. The minimum absolute atomic E-state index is 0.700. The Morgan fingerprint density at radius 1 is 1.53 bits per heavy atom. The average molecular weight is 253 g/mol. The number of piperidine rings is 1. The van der Waals surface area contributed by atoms with E-state index in [4.69, 9.17) is 0 Å². The first-order valence-corrected chi connectivity index (χ1v) is 7.53. The molecule has 1 unspecified atom stereocenters. The highest BCUT2D eigenvalue weighted by atomic mass is 32.1. The van der Waals surface area contributed by atoms with E-state index in [1.807, 2.05) is 0 Å². The molecule has 3 nitrogen and oxygen atoms in total. The number of likely N-dealkylation sites (tertiary alicyclic amines) is 1. The number of nitrogens with one attached hydrogen (secondary N) is 1. The van der Waals surface area contributed by atoms with Gasteiger partial charge >= 0.3 is 0 Å². The summed E-state index contributed by atoms with van der Waals surface area (Å²) in [6.45, 7) is 8.71. The standard InChI is InChI=1S/C13H23N3S/c1-3-14-8-13-6-4-5-7-16(13)9-12-10-17-11(2)15-12/h10,13-14H,3-9H2,1-2H3. The molecule has 0 radical (unpaired) electrons. The third-order valence-electron chi connectivity index (χ3n) is 3.41. The van der Waals surface area contributed by atoms with Crippen LogP contribution in [0.5, 0.6) is 0 Å². The van der Waals surface area contributed by atoms with E-state index in [-0.39, 0.29) is 0 Å². The number of aromatic nitrogens is 1. The van der Waals surface area contributed by atoms with E-state index in [1.54, 1.807) is 11.3 Å². The maximum Gasteiger partial charge on any atom is 0.0897 e. The Hall–Kier alpha value is -0.450. The van der Waals surface area contributed by atoms with Crippen molar-refractivity contribution in [2.75, 3.05) is 19.6 Å². The summed E-state index contributed by atoms with van der Waals surface area (Å²) in [5, 5.41) is 6.86. The largest absolute Gasteiger partial charge is 0.315 e. The van der Waals surface area contributed by atoms with Crippen LogP contribution >= 0.6 is 11.3 Å². The molecule has 1 aliphatic rings. The summed E-state index contributed by atoms with van der Waals surface area (Å²) >= 11 is 1.76. The van der Waals surface area contributed by atoms with Crippen LogP contribution < -0.4 is 5.32 Å². The maximum atomic E-state index is 4.58. The smallest absolute Gasteiger partial charge is 0.0897 e. The van der Waals surface area contributed by atoms with Crippen LogP contribution in [0.2, 0.25) is 0 Å². The van der Waals surface area contributed by atoms with Crippen molar-refractivity contribution >= 4 is 11.3 Å². The molecule has 2 rings (SSSR count). The topological polar surface area (TPSA) is 28.2 Å². The van der Waals surface area contributed by atoms with E-state index in [2.05, 4.69) is 34.4 Å². The molecule has 1 aliphatic heterocycles. The summed E-state index contributed by atoms with van der Waals surface area (Å²) in [4.78, 5) is 7.17. The zero-order valence-electron chi connectivity index (χ0n) is 10.9. The van der Waals surface area contributed by atoms with Gasteiger partial charge in [-0.15, -0.1) is 11.3 Å². The van der Waals surface area contributed by atoms with Crippen LogP contribution in [0.1, 0.15) is 36.9 Å². The molecule has 0 aromatic carbocycles. The van der Waals surface area contributed by atoms with Gasteiger partial charge in [0.2, 0.25) is 0 Å². The highest BCUT2D eigenvalue weighted by Gasteiger charge is 2.22. The van der Waals surface area contributed by atoms with Gasteiger partial charge in [-0.1, -0.05) is 13.3 Å². The first-order chi connectivity index (χ1) is 8.29. The van der Waals surface area contributed by atoms with Crippen molar-refractivity contribution in [3.05, 3.63) is 16.1 Å². The van der Waals surface area contributed by atoms with Gasteiger partial charge in [-0.2, -0.15) is 0 Å². The monoisotopic (exact) mass is 253 g/mol. The van der Waals surface area contributed by atoms with E-state index in [9.17, 15) is 0 Å². The van der Waals surface area contributed by atoms with Crippen molar-refractivity contribution in [1.82, 2.24) is 15.2 Å². The molecule has 1 fully saturated rings. The van der Waals surface area contributed by atoms with E-state index >= 15 is 0 Å². The van der Waals surface area contributed by atoms with Gasteiger partial charge in [0.1, 0.15) is 0 Å². The van der Waals surface area contributed by atoms with Crippen LogP contribution in [0.4, 0.5) is 0 Å². The van der Waals surface area contributed by atoms with E-state index in [1.165, 1.54) is 36.5 Å². The third kappa shape index (κ3) is 3.76. The number of hydrogen-bond acceptors (Lipinski definition) is 4. The van der Waals surface area contributed by atoms with E-state index in [0.29, 0.717) is 6.04 Å². The van der Waals surface area contributed by atoms with Crippen molar-refractivity contribution in [2.45, 2.75) is 45.7 Å². The van der Waals surface area contributed by atoms with Gasteiger partial charge in [0.25, 0.3) is 0 Å². The normalized spacial score (nSPS) is 21.9. The summed E-state index contributed by atoms with van der Waals surface area (Å²) in [5.74, 6) is 0. The van der Waals surface area contributed by atoms with Crippen LogP contribution in [-0.4, -0.2) is 35.6 Å². The lowest BCUT2D eigenvalue weighted by Crippen LogP contribution is -2.45. The number of likely N-dealkylation sites (N-methyl/N-ethyl adjacent to an activating group) is 1. The van der Waals surface area contributed by atoms with Crippen molar-refractivity contribution in [3.63, 3.8) is 0 Å². The third-order valence-corrected chi connectivity index (χ3v) is 4.23. The summed E-state index contributed by atoms with van der Waals surface area (Å²) in [5.41, 5.74) is 1.25. The number of thiazole rings is 1. The zero-order valence-corrected chi connectivity index (χ0v) is 11.7. The number of hydrogen-bond donors (Lipinski definition) is 1. The van der Waals surface area contributed by atoms with E-state index < -0.39 is 0 Å². The maximum absolute atomic E-state index is 4.58. The Labute approximate surface area is 108 Å². The van der Waals surface area contributed by atoms with Gasteiger partial charge < -0.3 is 5.32 Å². The fourth-order valence-corrected chi connectivity index (χ4v) is 3.10. The molecule has 1 saturated heterocycles. The van der Waals surface area contributed by atoms with Crippen molar-refractivity contribution < 1.29 is 0 Å². The zero-order chi connectivity index (χ0) is 12.1. The van der Waals surface area contributed by atoms with Crippen LogP contribution in [0.25, 0.3) is 0 Å². The van der Waals surface area contributed by atoms with Crippen LogP contribution in [-0.2, 0) is 6.54 Å².